The molecular formula is C16H23NO5. The third-order valence-corrected chi connectivity index (χ3v) is 3.40. The molecule has 0 unspecified atom stereocenters. The van der Waals surface area contributed by atoms with Gasteiger partial charge in [0.15, 0.2) is 0 Å². The number of carbonyl (C=O) groups excluding carboxylic acids is 2. The van der Waals surface area contributed by atoms with Gasteiger partial charge in [-0.25, -0.2) is 0 Å². The van der Waals surface area contributed by atoms with E-state index in [0.29, 0.717) is 18.8 Å². The maximum absolute atomic E-state index is 12.4. The molecule has 1 aromatic heterocycles. The summed E-state index contributed by atoms with van der Waals surface area (Å²) >= 11 is 0. The van der Waals surface area contributed by atoms with Crippen LogP contribution in [-0.2, 0) is 19.1 Å². The van der Waals surface area contributed by atoms with Crippen molar-refractivity contribution in [3.05, 3.63) is 24.2 Å². The van der Waals surface area contributed by atoms with Crippen LogP contribution in [0.3, 0.4) is 0 Å². The highest BCUT2D eigenvalue weighted by Crippen LogP contribution is 2.35. The van der Waals surface area contributed by atoms with E-state index in [1.165, 1.54) is 0 Å². The van der Waals surface area contributed by atoms with Crippen molar-refractivity contribution in [3.63, 3.8) is 0 Å². The maximum atomic E-state index is 12.4. The minimum atomic E-state index is -0.577. The van der Waals surface area contributed by atoms with Gasteiger partial charge in [0.2, 0.25) is 0 Å². The monoisotopic (exact) mass is 309 g/mol. The topological polar surface area (TPSA) is 77.8 Å². The molecule has 0 saturated carbocycles. The van der Waals surface area contributed by atoms with Crippen LogP contribution in [0.5, 0.6) is 0 Å². The van der Waals surface area contributed by atoms with Crippen molar-refractivity contribution in [3.8, 4) is 0 Å². The predicted molar refractivity (Wildman–Crippen MR) is 79.0 cm³/mol. The van der Waals surface area contributed by atoms with E-state index in [-0.39, 0.29) is 18.0 Å². The second-order valence-electron chi connectivity index (χ2n) is 6.34. The molecule has 0 aromatic carbocycles. The molecular weight excluding hydrogens is 286 g/mol. The minimum Gasteiger partial charge on any atom is -0.468 e. The Morgan fingerprint density at radius 2 is 2.09 bits per heavy atom. The Balaban J connectivity index is 2.17. The first-order valence-electron chi connectivity index (χ1n) is 7.50. The highest BCUT2D eigenvalue weighted by Gasteiger charge is 2.45. The van der Waals surface area contributed by atoms with Crippen LogP contribution in [0.2, 0.25) is 0 Å². The lowest BCUT2D eigenvalue weighted by Crippen LogP contribution is -2.34. The zero-order valence-corrected chi connectivity index (χ0v) is 13.4. The molecule has 1 aliphatic heterocycles. The van der Waals surface area contributed by atoms with Crippen molar-refractivity contribution in [1.82, 2.24) is 5.32 Å². The highest BCUT2D eigenvalue weighted by molar-refractivity contribution is 5.80. The predicted octanol–water partition coefficient (Wildman–Crippen LogP) is 2.20. The van der Waals surface area contributed by atoms with Gasteiger partial charge in [0.1, 0.15) is 17.4 Å². The van der Waals surface area contributed by atoms with E-state index < -0.39 is 17.6 Å². The smallest absolute Gasteiger partial charge is 0.323 e. The van der Waals surface area contributed by atoms with Gasteiger partial charge in [-0.1, -0.05) is 0 Å². The molecule has 122 valence electrons. The van der Waals surface area contributed by atoms with Crippen molar-refractivity contribution in [2.24, 2.45) is 5.92 Å². The van der Waals surface area contributed by atoms with Gasteiger partial charge in [0.05, 0.1) is 24.8 Å². The second kappa shape index (κ2) is 6.52. The molecule has 0 aliphatic carbocycles. The van der Waals surface area contributed by atoms with Gasteiger partial charge in [-0.3, -0.25) is 14.9 Å². The Labute approximate surface area is 130 Å². The summed E-state index contributed by atoms with van der Waals surface area (Å²) in [6, 6.07) is 2.61. The number of hydrogen-bond acceptors (Lipinski definition) is 6. The van der Waals surface area contributed by atoms with Crippen LogP contribution >= 0.6 is 0 Å². The number of hydrogen-bond donors (Lipinski definition) is 1. The first-order chi connectivity index (χ1) is 10.3. The van der Waals surface area contributed by atoms with Gasteiger partial charge in [0.25, 0.3) is 0 Å². The summed E-state index contributed by atoms with van der Waals surface area (Å²) in [5.41, 5.74) is -0.577. The summed E-state index contributed by atoms with van der Waals surface area (Å²) in [6.45, 7) is 7.51. The third kappa shape index (κ3) is 3.88. The summed E-state index contributed by atoms with van der Waals surface area (Å²) in [5.74, 6) is -0.569. The van der Waals surface area contributed by atoms with E-state index >= 15 is 0 Å². The van der Waals surface area contributed by atoms with Gasteiger partial charge in [-0.05, 0) is 46.2 Å². The van der Waals surface area contributed by atoms with Gasteiger partial charge < -0.3 is 13.9 Å². The molecule has 0 amide bonds. The zero-order valence-electron chi connectivity index (χ0n) is 13.4. The van der Waals surface area contributed by atoms with E-state index in [1.54, 1.807) is 25.3 Å². The highest BCUT2D eigenvalue weighted by atomic mass is 16.6. The molecule has 1 aliphatic rings. The quantitative estimate of drug-likeness (QED) is 0.859. The Kier molecular flexibility index (Phi) is 4.90. The van der Waals surface area contributed by atoms with Gasteiger partial charge in [0, 0.05) is 0 Å². The lowest BCUT2D eigenvalue weighted by molar-refractivity contribution is -0.160. The standard InChI is InChI=1S/C16H23NO5/c1-5-20-15(19)11-9-10(14(18)22-16(2,3)4)13(17-11)12-7-6-8-21-12/h6-8,10-11,13,17H,5,9H2,1-4H3/t10-,11+,13+/m0/s1. The molecule has 0 spiro atoms. The van der Waals surface area contributed by atoms with E-state index in [9.17, 15) is 9.59 Å². The maximum Gasteiger partial charge on any atom is 0.323 e. The molecule has 6 nitrogen and oxygen atoms in total. The van der Waals surface area contributed by atoms with Crippen LogP contribution < -0.4 is 5.32 Å². The Bertz CT molecular complexity index is 517. The molecule has 1 fully saturated rings. The molecule has 6 heteroatoms. The third-order valence-electron chi connectivity index (χ3n) is 3.40. The van der Waals surface area contributed by atoms with E-state index in [2.05, 4.69) is 5.32 Å². The second-order valence-corrected chi connectivity index (χ2v) is 6.34. The van der Waals surface area contributed by atoms with Crippen molar-refractivity contribution >= 4 is 11.9 Å². The average molecular weight is 309 g/mol. The van der Waals surface area contributed by atoms with Crippen molar-refractivity contribution in [1.29, 1.82) is 0 Å². The molecule has 0 bridgehead atoms. The van der Waals surface area contributed by atoms with Crippen LogP contribution in [0.1, 0.15) is 45.9 Å². The number of furan rings is 1. The van der Waals surface area contributed by atoms with E-state index in [1.807, 2.05) is 20.8 Å². The lowest BCUT2D eigenvalue weighted by atomic mass is 9.97. The van der Waals surface area contributed by atoms with Crippen LogP contribution in [0.15, 0.2) is 22.8 Å². The van der Waals surface area contributed by atoms with E-state index in [4.69, 9.17) is 13.9 Å². The van der Waals surface area contributed by atoms with Crippen LogP contribution in [0.4, 0.5) is 0 Å². The number of nitrogens with one attached hydrogen (secondary N) is 1. The first-order valence-corrected chi connectivity index (χ1v) is 7.50. The average Bonchev–Trinajstić information content (AvgIpc) is 3.06. The molecule has 1 N–H and O–H groups in total. The molecule has 3 atom stereocenters. The fraction of sp³-hybridized carbons (Fsp3) is 0.625. The normalized spacial score (nSPS) is 25.0. The summed E-state index contributed by atoms with van der Waals surface area (Å²) in [6.07, 6.45) is 1.87. The summed E-state index contributed by atoms with van der Waals surface area (Å²) in [7, 11) is 0. The van der Waals surface area contributed by atoms with E-state index in [0.717, 1.165) is 0 Å². The van der Waals surface area contributed by atoms with Crippen molar-refractivity contribution < 1.29 is 23.5 Å². The fourth-order valence-corrected chi connectivity index (χ4v) is 2.56. The minimum absolute atomic E-state index is 0.305. The summed E-state index contributed by atoms with van der Waals surface area (Å²) < 4.78 is 15.9. The van der Waals surface area contributed by atoms with Gasteiger partial charge in [-0.15, -0.1) is 0 Å². The Hall–Kier alpha value is -1.82. The van der Waals surface area contributed by atoms with Crippen LogP contribution in [0.25, 0.3) is 0 Å². The van der Waals surface area contributed by atoms with Gasteiger partial charge in [-0.2, -0.15) is 0 Å². The molecule has 2 heterocycles. The number of rotatable bonds is 4. The zero-order chi connectivity index (χ0) is 16.3. The molecule has 1 saturated heterocycles. The SMILES string of the molecule is CCOC(=O)[C@H]1C[C@H](C(=O)OC(C)(C)C)[C@H](c2ccco2)N1. The number of carbonyl (C=O) groups is 2. The van der Waals surface area contributed by atoms with Crippen LogP contribution in [-0.4, -0.2) is 30.2 Å². The van der Waals surface area contributed by atoms with Crippen molar-refractivity contribution in [2.75, 3.05) is 6.61 Å². The number of ether oxygens (including phenoxy) is 2. The Morgan fingerprint density at radius 3 is 2.64 bits per heavy atom. The summed E-state index contributed by atoms with van der Waals surface area (Å²) in [4.78, 5) is 24.4. The molecule has 22 heavy (non-hydrogen) atoms. The molecule has 1 aromatic rings. The van der Waals surface area contributed by atoms with Crippen LogP contribution in [0, 0.1) is 5.92 Å². The molecule has 0 radical (unpaired) electrons. The number of esters is 2. The fourth-order valence-electron chi connectivity index (χ4n) is 2.56. The summed E-state index contributed by atoms with van der Waals surface area (Å²) in [5, 5.41) is 3.13. The lowest BCUT2D eigenvalue weighted by Gasteiger charge is -2.24. The molecule has 2 rings (SSSR count). The van der Waals surface area contributed by atoms with Gasteiger partial charge >= 0.3 is 11.9 Å². The largest absolute Gasteiger partial charge is 0.468 e. The van der Waals surface area contributed by atoms with Crippen molar-refractivity contribution in [2.45, 2.75) is 51.8 Å². The first kappa shape index (κ1) is 16.5. The Morgan fingerprint density at radius 1 is 1.36 bits per heavy atom.